The number of guanidine groups is 1. The van der Waals surface area contributed by atoms with Gasteiger partial charge in [0, 0.05) is 6.54 Å². The predicted octanol–water partition coefficient (Wildman–Crippen LogP) is 2.35. The van der Waals surface area contributed by atoms with Gasteiger partial charge in [-0.1, -0.05) is 36.2 Å². The van der Waals surface area contributed by atoms with E-state index in [1.54, 1.807) is 0 Å². The van der Waals surface area contributed by atoms with Crippen molar-refractivity contribution in [3.8, 4) is 0 Å². The number of aliphatic imine (C=N–C) groups is 1. The number of nitrogens with zero attached hydrogens (tertiary/aromatic N) is 1. The molecule has 1 aromatic rings. The molecule has 4 N–H and O–H groups in total. The van der Waals surface area contributed by atoms with Gasteiger partial charge in [0.15, 0.2) is 5.96 Å². The molecule has 0 saturated heterocycles. The molecule has 1 unspecified atom stereocenters. The maximum Gasteiger partial charge on any atom is 0.188 e. The van der Waals surface area contributed by atoms with Crippen LogP contribution in [0.25, 0.3) is 0 Å². The van der Waals surface area contributed by atoms with E-state index in [0.29, 0.717) is 12.5 Å². The van der Waals surface area contributed by atoms with Gasteiger partial charge >= 0.3 is 0 Å². The average Bonchev–Trinajstić information content (AvgIpc) is 2.35. The Morgan fingerprint density at radius 2 is 2.05 bits per heavy atom. The topological polar surface area (TPSA) is 70.6 Å². The minimum Gasteiger partial charge on any atom is -0.386 e. The molecule has 1 atom stereocenters. The van der Waals surface area contributed by atoms with Gasteiger partial charge in [0.25, 0.3) is 0 Å². The Kier molecular flexibility index (Phi) is 7.29. The average molecular weight is 389 g/mol. The van der Waals surface area contributed by atoms with Crippen LogP contribution < -0.4 is 11.1 Å². The lowest BCUT2D eigenvalue weighted by molar-refractivity contribution is 0.187. The monoisotopic (exact) mass is 389 g/mol. The fourth-order valence-corrected chi connectivity index (χ4v) is 2.08. The predicted molar refractivity (Wildman–Crippen MR) is 93.4 cm³/mol. The lowest BCUT2D eigenvalue weighted by Gasteiger charge is -2.25. The lowest BCUT2D eigenvalue weighted by atomic mass is 9.85. The minimum atomic E-state index is -0.593. The molecule has 1 aromatic carbocycles. The molecule has 0 radical (unpaired) electrons. The van der Waals surface area contributed by atoms with Crippen molar-refractivity contribution in [2.45, 2.75) is 32.3 Å². The molecular formula is C15H24IN3O. The van der Waals surface area contributed by atoms with Gasteiger partial charge in [0.2, 0.25) is 0 Å². The first-order chi connectivity index (χ1) is 9.15. The van der Waals surface area contributed by atoms with Gasteiger partial charge in [-0.05, 0) is 31.2 Å². The minimum absolute atomic E-state index is 0. The first-order valence-electron chi connectivity index (χ1n) is 6.93. The molecule has 4 nitrogen and oxygen atoms in total. The molecule has 0 bridgehead atoms. The first kappa shape index (κ1) is 17.2. The normalized spacial score (nSPS) is 17.0. The van der Waals surface area contributed by atoms with E-state index in [-0.39, 0.29) is 24.0 Å². The van der Waals surface area contributed by atoms with Gasteiger partial charge in [-0.15, -0.1) is 24.0 Å². The summed E-state index contributed by atoms with van der Waals surface area (Å²) in [6, 6.07) is 7.82. The van der Waals surface area contributed by atoms with Gasteiger partial charge in [0.05, 0.1) is 12.6 Å². The number of benzene rings is 1. The molecule has 0 aliphatic heterocycles. The smallest absolute Gasteiger partial charge is 0.188 e. The van der Waals surface area contributed by atoms with Crippen LogP contribution in [0.3, 0.4) is 0 Å². The van der Waals surface area contributed by atoms with E-state index in [4.69, 9.17) is 5.73 Å². The third-order valence-corrected chi connectivity index (χ3v) is 3.69. The quantitative estimate of drug-likeness (QED) is 0.411. The fraction of sp³-hybridized carbons (Fsp3) is 0.533. The number of aryl methyl sites for hydroxylation is 1. The maximum absolute atomic E-state index is 10.0. The third-order valence-electron chi connectivity index (χ3n) is 3.69. The highest BCUT2D eigenvalue weighted by Crippen LogP contribution is 2.25. The van der Waals surface area contributed by atoms with E-state index in [9.17, 15) is 5.11 Å². The van der Waals surface area contributed by atoms with Crippen molar-refractivity contribution in [3.63, 3.8) is 0 Å². The number of rotatable bonds is 5. The summed E-state index contributed by atoms with van der Waals surface area (Å²) in [6.45, 7) is 3.22. The molecule has 1 saturated carbocycles. The molecule has 112 valence electrons. The third kappa shape index (κ3) is 5.28. The van der Waals surface area contributed by atoms with Gasteiger partial charge < -0.3 is 16.2 Å². The zero-order valence-corrected chi connectivity index (χ0v) is 14.2. The molecule has 0 heterocycles. The van der Waals surface area contributed by atoms with Crippen molar-refractivity contribution in [1.82, 2.24) is 5.32 Å². The van der Waals surface area contributed by atoms with E-state index in [1.165, 1.54) is 24.8 Å². The van der Waals surface area contributed by atoms with Crippen molar-refractivity contribution >= 4 is 29.9 Å². The zero-order valence-electron chi connectivity index (χ0n) is 11.9. The Morgan fingerprint density at radius 3 is 2.60 bits per heavy atom. The van der Waals surface area contributed by atoms with Gasteiger partial charge in [-0.25, -0.2) is 0 Å². The lowest BCUT2D eigenvalue weighted by Crippen LogP contribution is -2.37. The molecule has 20 heavy (non-hydrogen) atoms. The van der Waals surface area contributed by atoms with Crippen LogP contribution in [0.4, 0.5) is 0 Å². The molecule has 0 aromatic heterocycles. The van der Waals surface area contributed by atoms with Crippen LogP contribution in [0, 0.1) is 12.8 Å². The van der Waals surface area contributed by atoms with Crippen molar-refractivity contribution in [2.24, 2.45) is 16.6 Å². The van der Waals surface area contributed by atoms with Crippen LogP contribution in [0.1, 0.15) is 36.5 Å². The summed E-state index contributed by atoms with van der Waals surface area (Å²) in [7, 11) is 0. The standard InChI is InChI=1S/C15H23N3O.HI/c1-11-5-7-13(8-6-11)14(19)10-18-15(16)17-9-12-3-2-4-12;/h5-8,12,14,19H,2-4,9-10H2,1H3,(H3,16,17,18);1H. The highest BCUT2D eigenvalue weighted by atomic mass is 127. The number of hydrogen-bond acceptors (Lipinski definition) is 2. The van der Waals surface area contributed by atoms with Crippen LogP contribution in [-0.4, -0.2) is 24.2 Å². The summed E-state index contributed by atoms with van der Waals surface area (Å²) < 4.78 is 0. The largest absolute Gasteiger partial charge is 0.386 e. The number of halogens is 1. The zero-order chi connectivity index (χ0) is 13.7. The van der Waals surface area contributed by atoms with Crippen molar-refractivity contribution in [2.75, 3.05) is 13.1 Å². The van der Waals surface area contributed by atoms with Crippen LogP contribution >= 0.6 is 24.0 Å². The van der Waals surface area contributed by atoms with Crippen LogP contribution in [-0.2, 0) is 0 Å². The highest BCUT2D eigenvalue weighted by Gasteiger charge is 2.16. The highest BCUT2D eigenvalue weighted by molar-refractivity contribution is 14.0. The Morgan fingerprint density at radius 1 is 1.40 bits per heavy atom. The summed E-state index contributed by atoms with van der Waals surface area (Å²) >= 11 is 0. The second kappa shape index (κ2) is 8.46. The van der Waals surface area contributed by atoms with Crippen molar-refractivity contribution in [3.05, 3.63) is 35.4 Å². The number of nitrogens with one attached hydrogen (secondary N) is 1. The summed E-state index contributed by atoms with van der Waals surface area (Å²) in [5, 5.41) is 13.1. The summed E-state index contributed by atoms with van der Waals surface area (Å²) in [6.07, 6.45) is 3.30. The maximum atomic E-state index is 10.0. The van der Waals surface area contributed by atoms with E-state index in [0.717, 1.165) is 18.0 Å². The Bertz CT molecular complexity index is 429. The Labute approximate surface area is 137 Å². The summed E-state index contributed by atoms with van der Waals surface area (Å²) in [4.78, 5) is 4.19. The Balaban J connectivity index is 0.00000200. The van der Waals surface area contributed by atoms with Crippen LogP contribution in [0.2, 0.25) is 0 Å². The van der Waals surface area contributed by atoms with Gasteiger partial charge in [-0.3, -0.25) is 4.99 Å². The second-order valence-electron chi connectivity index (χ2n) is 5.33. The van der Waals surface area contributed by atoms with Gasteiger partial charge in [-0.2, -0.15) is 0 Å². The number of aliphatic hydroxyl groups excluding tert-OH is 1. The first-order valence-corrected chi connectivity index (χ1v) is 6.93. The number of hydrogen-bond donors (Lipinski definition) is 3. The molecule has 5 heteroatoms. The Hall–Kier alpha value is -0.820. The molecule has 0 amide bonds. The summed E-state index contributed by atoms with van der Waals surface area (Å²) in [5.74, 6) is 1.17. The van der Waals surface area contributed by atoms with Crippen molar-refractivity contribution < 1.29 is 5.11 Å². The number of nitrogens with two attached hydrogens (primary N) is 1. The molecule has 1 aliphatic carbocycles. The molecule has 0 spiro atoms. The molecule has 1 aliphatic rings. The van der Waals surface area contributed by atoms with E-state index in [2.05, 4.69) is 10.3 Å². The molecular weight excluding hydrogens is 365 g/mol. The summed E-state index contributed by atoms with van der Waals surface area (Å²) in [5.41, 5.74) is 7.84. The fourth-order valence-electron chi connectivity index (χ4n) is 2.08. The SMILES string of the molecule is Cc1ccc(C(O)CN=C(N)NCC2CCC2)cc1.I. The van der Waals surface area contributed by atoms with Crippen LogP contribution in [0.5, 0.6) is 0 Å². The van der Waals surface area contributed by atoms with E-state index in [1.807, 2.05) is 31.2 Å². The van der Waals surface area contributed by atoms with Gasteiger partial charge in [0.1, 0.15) is 0 Å². The van der Waals surface area contributed by atoms with Crippen LogP contribution in [0.15, 0.2) is 29.3 Å². The number of aliphatic hydroxyl groups is 1. The molecule has 2 rings (SSSR count). The molecule has 1 fully saturated rings. The van der Waals surface area contributed by atoms with E-state index < -0.39 is 6.10 Å². The second-order valence-corrected chi connectivity index (χ2v) is 5.33. The van der Waals surface area contributed by atoms with Crippen molar-refractivity contribution in [1.29, 1.82) is 0 Å². The van der Waals surface area contributed by atoms with E-state index >= 15 is 0 Å².